The number of likely N-dealkylation sites (N-methyl/N-ethyl adjacent to an activating group) is 1. The van der Waals surface area contributed by atoms with Crippen LogP contribution in [0.2, 0.25) is 0 Å². The van der Waals surface area contributed by atoms with Gasteiger partial charge in [-0.1, -0.05) is 6.92 Å². The first kappa shape index (κ1) is 18.5. The van der Waals surface area contributed by atoms with Gasteiger partial charge in [-0.2, -0.15) is 4.31 Å². The number of aromatic nitrogens is 1. The maximum absolute atomic E-state index is 12.5. The predicted molar refractivity (Wildman–Crippen MR) is 85.2 cm³/mol. The fraction of sp³-hybridized carbons (Fsp3) is 0.714. The molecular formula is C14H25ClN2O3S. The van der Waals surface area contributed by atoms with E-state index in [4.69, 9.17) is 16.3 Å². The fourth-order valence-electron chi connectivity index (χ4n) is 1.94. The van der Waals surface area contributed by atoms with Gasteiger partial charge in [0.05, 0.1) is 18.6 Å². The van der Waals surface area contributed by atoms with Crippen LogP contribution in [0.3, 0.4) is 0 Å². The molecule has 0 N–H and O–H groups in total. The largest absolute Gasteiger partial charge is 0.377 e. The van der Waals surface area contributed by atoms with E-state index in [9.17, 15) is 8.42 Å². The summed E-state index contributed by atoms with van der Waals surface area (Å²) >= 11 is 5.88. The van der Waals surface area contributed by atoms with Gasteiger partial charge in [-0.05, 0) is 26.3 Å². The van der Waals surface area contributed by atoms with Crippen LogP contribution < -0.4 is 0 Å². The fourth-order valence-corrected chi connectivity index (χ4v) is 3.39. The Hall–Kier alpha value is -0.560. The van der Waals surface area contributed by atoms with Crippen LogP contribution in [0.25, 0.3) is 0 Å². The van der Waals surface area contributed by atoms with Crippen LogP contribution in [0.4, 0.5) is 0 Å². The molecule has 122 valence electrons. The Morgan fingerprint density at radius 2 is 2.10 bits per heavy atom. The quantitative estimate of drug-likeness (QED) is 0.651. The highest BCUT2D eigenvalue weighted by Gasteiger charge is 2.23. The molecule has 0 saturated heterocycles. The molecule has 0 aliphatic carbocycles. The third kappa shape index (κ3) is 4.98. The molecule has 1 aromatic rings. The van der Waals surface area contributed by atoms with E-state index in [0.717, 1.165) is 18.7 Å². The van der Waals surface area contributed by atoms with Gasteiger partial charge in [0.15, 0.2) is 0 Å². The topological polar surface area (TPSA) is 51.5 Å². The Bertz CT molecular complexity index is 540. The molecule has 5 nitrogen and oxygen atoms in total. The van der Waals surface area contributed by atoms with Crippen LogP contribution in [0.5, 0.6) is 0 Å². The molecule has 0 aliphatic rings. The smallest absolute Gasteiger partial charge is 0.244 e. The second kappa shape index (κ2) is 8.17. The summed E-state index contributed by atoms with van der Waals surface area (Å²) in [5.74, 6) is 0.301. The molecule has 0 saturated carbocycles. The lowest BCUT2D eigenvalue weighted by atomic mass is 10.4. The minimum atomic E-state index is -3.49. The number of halogens is 1. The summed E-state index contributed by atoms with van der Waals surface area (Å²) in [6.45, 7) is 7.36. The van der Waals surface area contributed by atoms with Gasteiger partial charge >= 0.3 is 0 Å². The Balaban J connectivity index is 2.86. The second-order valence-electron chi connectivity index (χ2n) is 5.24. The van der Waals surface area contributed by atoms with Crippen molar-refractivity contribution in [3.63, 3.8) is 0 Å². The maximum Gasteiger partial charge on any atom is 0.244 e. The lowest BCUT2D eigenvalue weighted by Gasteiger charge is -2.17. The molecule has 0 aromatic carbocycles. The van der Waals surface area contributed by atoms with Crippen molar-refractivity contribution in [2.24, 2.45) is 0 Å². The zero-order valence-corrected chi connectivity index (χ0v) is 14.7. The van der Waals surface area contributed by atoms with Crippen molar-refractivity contribution in [2.45, 2.75) is 50.6 Å². The zero-order chi connectivity index (χ0) is 16.0. The summed E-state index contributed by atoms with van der Waals surface area (Å²) in [6, 6.07) is 1.65. The van der Waals surface area contributed by atoms with Crippen molar-refractivity contribution in [1.82, 2.24) is 8.87 Å². The second-order valence-corrected chi connectivity index (χ2v) is 7.55. The van der Waals surface area contributed by atoms with Gasteiger partial charge in [-0.15, -0.1) is 11.6 Å². The lowest BCUT2D eigenvalue weighted by Crippen LogP contribution is -2.30. The number of sulfonamides is 1. The average Bonchev–Trinajstić information content (AvgIpc) is 2.82. The SMILES string of the molecule is CCCn1cc(S(=O)(=O)N(C)CCOC(C)C)cc1CCl. The monoisotopic (exact) mass is 336 g/mol. The van der Waals surface area contributed by atoms with E-state index < -0.39 is 10.0 Å². The predicted octanol–water partition coefficient (Wildman–Crippen LogP) is 2.68. The number of aryl methyl sites for hydroxylation is 1. The first-order chi connectivity index (χ1) is 9.82. The van der Waals surface area contributed by atoms with E-state index in [2.05, 4.69) is 0 Å². The summed E-state index contributed by atoms with van der Waals surface area (Å²) in [5.41, 5.74) is 0.823. The van der Waals surface area contributed by atoms with Crippen molar-refractivity contribution in [3.05, 3.63) is 18.0 Å². The molecule has 1 heterocycles. The molecule has 21 heavy (non-hydrogen) atoms. The van der Waals surface area contributed by atoms with Gasteiger partial charge < -0.3 is 9.30 Å². The molecule has 1 rings (SSSR count). The Labute approximate surface area is 132 Å². The molecule has 0 atom stereocenters. The summed E-state index contributed by atoms with van der Waals surface area (Å²) in [5, 5.41) is 0. The van der Waals surface area contributed by atoms with Gasteiger partial charge in [0, 0.05) is 32.0 Å². The van der Waals surface area contributed by atoms with Crippen LogP contribution in [0.15, 0.2) is 17.2 Å². The van der Waals surface area contributed by atoms with E-state index in [-0.39, 0.29) is 6.10 Å². The summed E-state index contributed by atoms with van der Waals surface area (Å²) in [7, 11) is -1.93. The van der Waals surface area contributed by atoms with Crippen molar-refractivity contribution in [3.8, 4) is 0 Å². The van der Waals surface area contributed by atoms with E-state index in [0.29, 0.717) is 23.9 Å². The molecule has 0 bridgehead atoms. The highest BCUT2D eigenvalue weighted by molar-refractivity contribution is 7.89. The van der Waals surface area contributed by atoms with Crippen molar-refractivity contribution in [2.75, 3.05) is 20.2 Å². The number of hydrogen-bond donors (Lipinski definition) is 0. The number of rotatable bonds is 9. The van der Waals surface area contributed by atoms with Gasteiger partial charge in [-0.25, -0.2) is 8.42 Å². The van der Waals surface area contributed by atoms with Gasteiger partial charge in [0.1, 0.15) is 4.90 Å². The molecule has 0 radical (unpaired) electrons. The van der Waals surface area contributed by atoms with Gasteiger partial charge in [0.25, 0.3) is 0 Å². The highest BCUT2D eigenvalue weighted by Crippen LogP contribution is 2.20. The van der Waals surface area contributed by atoms with E-state index in [1.165, 1.54) is 4.31 Å². The van der Waals surface area contributed by atoms with Crippen LogP contribution in [-0.2, 0) is 27.2 Å². The number of nitrogens with zero attached hydrogens (tertiary/aromatic N) is 2. The molecule has 0 unspecified atom stereocenters. The summed E-state index contributed by atoms with van der Waals surface area (Å²) in [6.07, 6.45) is 2.68. The van der Waals surface area contributed by atoms with Crippen molar-refractivity contribution in [1.29, 1.82) is 0 Å². The highest BCUT2D eigenvalue weighted by atomic mass is 35.5. The Kier molecular flexibility index (Phi) is 7.20. The maximum atomic E-state index is 12.5. The lowest BCUT2D eigenvalue weighted by molar-refractivity contribution is 0.0737. The normalized spacial score (nSPS) is 12.5. The van der Waals surface area contributed by atoms with Crippen molar-refractivity contribution < 1.29 is 13.2 Å². The summed E-state index contributed by atoms with van der Waals surface area (Å²) < 4.78 is 33.6. The minimum Gasteiger partial charge on any atom is -0.377 e. The molecule has 1 aromatic heterocycles. The number of hydrogen-bond acceptors (Lipinski definition) is 3. The van der Waals surface area contributed by atoms with Crippen LogP contribution >= 0.6 is 11.6 Å². The minimum absolute atomic E-state index is 0.0922. The molecule has 7 heteroatoms. The van der Waals surface area contributed by atoms with Crippen molar-refractivity contribution >= 4 is 21.6 Å². The molecule has 0 amide bonds. The molecular weight excluding hydrogens is 312 g/mol. The first-order valence-electron chi connectivity index (χ1n) is 7.15. The first-order valence-corrected chi connectivity index (χ1v) is 9.13. The van der Waals surface area contributed by atoms with E-state index in [1.54, 1.807) is 19.3 Å². The Morgan fingerprint density at radius 3 is 2.62 bits per heavy atom. The van der Waals surface area contributed by atoms with Gasteiger partial charge in [0.2, 0.25) is 10.0 Å². The third-order valence-electron chi connectivity index (χ3n) is 3.13. The molecule has 0 fully saturated rings. The van der Waals surface area contributed by atoms with Crippen LogP contribution in [0, 0.1) is 0 Å². The third-order valence-corrected chi connectivity index (χ3v) is 5.22. The standard InChI is InChI=1S/C14H25ClN2O3S/c1-5-6-17-11-14(9-13(17)10-15)21(18,19)16(4)7-8-20-12(2)3/h9,11-12H,5-8,10H2,1-4H3. The van der Waals surface area contributed by atoms with Crippen LogP contribution in [0.1, 0.15) is 32.9 Å². The molecule has 0 aliphatic heterocycles. The van der Waals surface area contributed by atoms with E-state index >= 15 is 0 Å². The average molecular weight is 337 g/mol. The van der Waals surface area contributed by atoms with Gasteiger partial charge in [-0.3, -0.25) is 0 Å². The zero-order valence-electron chi connectivity index (χ0n) is 13.2. The molecule has 0 spiro atoms. The Morgan fingerprint density at radius 1 is 1.43 bits per heavy atom. The number of alkyl halides is 1. The van der Waals surface area contributed by atoms with Crippen LogP contribution in [-0.4, -0.2) is 43.6 Å². The summed E-state index contributed by atoms with van der Waals surface area (Å²) in [4.78, 5) is 0.290. The number of ether oxygens (including phenoxy) is 1. The van der Waals surface area contributed by atoms with E-state index in [1.807, 2.05) is 25.3 Å².